The lowest BCUT2D eigenvalue weighted by atomic mass is 10.0. The highest BCUT2D eigenvalue weighted by atomic mass is 16.1. The van der Waals surface area contributed by atoms with Crippen LogP contribution in [-0.2, 0) is 9.59 Å². The van der Waals surface area contributed by atoms with Crippen LogP contribution in [0.1, 0.15) is 12.8 Å². The van der Waals surface area contributed by atoms with E-state index in [1.807, 2.05) is 12.2 Å². The molecule has 0 saturated heterocycles. The molecule has 11 heavy (non-hydrogen) atoms. The van der Waals surface area contributed by atoms with E-state index >= 15 is 0 Å². The van der Waals surface area contributed by atoms with Crippen molar-refractivity contribution >= 4 is 12.6 Å². The summed E-state index contributed by atoms with van der Waals surface area (Å²) in [5.74, 6) is -0.00907. The van der Waals surface area contributed by atoms with Gasteiger partial charge in [-0.1, -0.05) is 18.2 Å². The summed E-state index contributed by atoms with van der Waals surface area (Å²) in [6.45, 7) is 0. The highest BCUT2D eigenvalue weighted by Crippen LogP contribution is 2.15. The first-order valence-corrected chi connectivity index (χ1v) is 3.63. The number of carbonyl (C=O) groups is 2. The summed E-state index contributed by atoms with van der Waals surface area (Å²) in [5.41, 5.74) is 0.704. The van der Waals surface area contributed by atoms with Gasteiger partial charge in [0.2, 0.25) is 0 Å². The van der Waals surface area contributed by atoms with Gasteiger partial charge in [-0.3, -0.25) is 4.79 Å². The van der Waals surface area contributed by atoms with Crippen LogP contribution in [0.2, 0.25) is 0 Å². The molecule has 2 nitrogen and oxygen atoms in total. The zero-order valence-electron chi connectivity index (χ0n) is 6.19. The molecule has 1 unspecified atom stereocenters. The van der Waals surface area contributed by atoms with E-state index in [1.165, 1.54) is 0 Å². The molecule has 0 heterocycles. The average Bonchev–Trinajstić information content (AvgIpc) is 2.28. The van der Waals surface area contributed by atoms with Crippen LogP contribution < -0.4 is 0 Å². The molecular weight excluding hydrogens is 140 g/mol. The molecule has 0 N–H and O–H groups in total. The van der Waals surface area contributed by atoms with Crippen LogP contribution in [0.5, 0.6) is 0 Å². The number of hydrogen-bond acceptors (Lipinski definition) is 2. The molecule has 1 aliphatic rings. The Morgan fingerprint density at radius 1 is 1.45 bits per heavy atom. The Bertz CT molecular complexity index is 214. The average molecular weight is 150 g/mol. The van der Waals surface area contributed by atoms with Crippen LogP contribution in [-0.4, -0.2) is 12.6 Å². The summed E-state index contributed by atoms with van der Waals surface area (Å²) in [5, 5.41) is 0. The van der Waals surface area contributed by atoms with Gasteiger partial charge in [-0.25, -0.2) is 0 Å². The normalized spacial score (nSPS) is 23.6. The quantitative estimate of drug-likeness (QED) is 0.555. The van der Waals surface area contributed by atoms with E-state index in [4.69, 9.17) is 0 Å². The van der Waals surface area contributed by atoms with Gasteiger partial charge in [0, 0.05) is 5.92 Å². The zero-order chi connectivity index (χ0) is 8.10. The van der Waals surface area contributed by atoms with Crippen LogP contribution in [0, 0.1) is 5.92 Å². The van der Waals surface area contributed by atoms with Crippen LogP contribution in [0.15, 0.2) is 23.8 Å². The lowest BCUT2D eigenvalue weighted by molar-refractivity contribution is -0.111. The van der Waals surface area contributed by atoms with Crippen molar-refractivity contribution in [2.45, 2.75) is 12.8 Å². The van der Waals surface area contributed by atoms with E-state index in [2.05, 4.69) is 0 Å². The summed E-state index contributed by atoms with van der Waals surface area (Å²) < 4.78 is 0. The Morgan fingerprint density at radius 3 is 2.91 bits per heavy atom. The predicted molar refractivity (Wildman–Crippen MR) is 42.1 cm³/mol. The SMILES string of the molecule is O=CC1=CC=CCC(C=O)C1. The van der Waals surface area contributed by atoms with Crippen LogP contribution in [0.4, 0.5) is 0 Å². The van der Waals surface area contributed by atoms with Gasteiger partial charge in [-0.05, 0) is 18.4 Å². The zero-order valence-corrected chi connectivity index (χ0v) is 6.19. The maximum absolute atomic E-state index is 10.4. The minimum atomic E-state index is -0.00907. The summed E-state index contributed by atoms with van der Waals surface area (Å²) >= 11 is 0. The molecule has 0 aromatic carbocycles. The third-order valence-corrected chi connectivity index (χ3v) is 1.73. The standard InChI is InChI=1S/C9H10O2/c10-6-8-3-1-2-4-9(5-8)7-11/h1-3,6-7,9H,4-5H2. The third-order valence-electron chi connectivity index (χ3n) is 1.73. The third kappa shape index (κ3) is 2.15. The molecule has 0 aromatic rings. The van der Waals surface area contributed by atoms with Gasteiger partial charge in [0.1, 0.15) is 12.6 Å². The van der Waals surface area contributed by atoms with Crippen LogP contribution in [0.3, 0.4) is 0 Å². The van der Waals surface area contributed by atoms with Crippen LogP contribution >= 0.6 is 0 Å². The van der Waals surface area contributed by atoms with Gasteiger partial charge in [-0.15, -0.1) is 0 Å². The Morgan fingerprint density at radius 2 is 2.27 bits per heavy atom. The number of allylic oxidation sites excluding steroid dienone is 4. The topological polar surface area (TPSA) is 34.1 Å². The fourth-order valence-corrected chi connectivity index (χ4v) is 1.09. The fraction of sp³-hybridized carbons (Fsp3) is 0.333. The van der Waals surface area contributed by atoms with E-state index in [0.29, 0.717) is 12.0 Å². The molecule has 0 radical (unpaired) electrons. The summed E-state index contributed by atoms with van der Waals surface area (Å²) in [6.07, 6.45) is 8.55. The Hall–Kier alpha value is -1.18. The molecule has 0 aliphatic heterocycles. The second-order valence-electron chi connectivity index (χ2n) is 2.62. The molecule has 1 rings (SSSR count). The summed E-state index contributed by atoms with van der Waals surface area (Å²) in [6, 6.07) is 0. The monoisotopic (exact) mass is 150 g/mol. The van der Waals surface area contributed by atoms with E-state index in [9.17, 15) is 9.59 Å². The first-order valence-electron chi connectivity index (χ1n) is 3.63. The van der Waals surface area contributed by atoms with E-state index in [0.717, 1.165) is 19.0 Å². The first kappa shape index (κ1) is 7.92. The number of aldehydes is 2. The maximum Gasteiger partial charge on any atom is 0.146 e. The van der Waals surface area contributed by atoms with Crippen molar-refractivity contribution in [2.24, 2.45) is 5.92 Å². The van der Waals surface area contributed by atoms with Crippen molar-refractivity contribution in [3.05, 3.63) is 23.8 Å². The molecule has 0 saturated carbocycles. The van der Waals surface area contributed by atoms with Gasteiger partial charge in [0.25, 0.3) is 0 Å². The van der Waals surface area contributed by atoms with Crippen molar-refractivity contribution in [2.75, 3.05) is 0 Å². The van der Waals surface area contributed by atoms with E-state index in [1.54, 1.807) is 6.08 Å². The molecule has 0 bridgehead atoms. The Kier molecular flexibility index (Phi) is 2.78. The number of rotatable bonds is 2. The largest absolute Gasteiger partial charge is 0.303 e. The maximum atomic E-state index is 10.4. The highest BCUT2D eigenvalue weighted by molar-refractivity contribution is 5.75. The van der Waals surface area contributed by atoms with Gasteiger partial charge in [-0.2, -0.15) is 0 Å². The highest BCUT2D eigenvalue weighted by Gasteiger charge is 2.09. The smallest absolute Gasteiger partial charge is 0.146 e. The second-order valence-corrected chi connectivity index (χ2v) is 2.62. The predicted octanol–water partition coefficient (Wildman–Crippen LogP) is 1.28. The van der Waals surface area contributed by atoms with Crippen molar-refractivity contribution in [3.8, 4) is 0 Å². The molecule has 2 heteroatoms. The minimum absolute atomic E-state index is 0.00907. The molecule has 0 amide bonds. The Balaban J connectivity index is 2.69. The van der Waals surface area contributed by atoms with Crippen molar-refractivity contribution < 1.29 is 9.59 Å². The summed E-state index contributed by atoms with van der Waals surface area (Å²) in [4.78, 5) is 20.8. The molecule has 1 atom stereocenters. The number of carbonyl (C=O) groups excluding carboxylic acids is 2. The van der Waals surface area contributed by atoms with Crippen molar-refractivity contribution in [1.82, 2.24) is 0 Å². The molecule has 0 spiro atoms. The van der Waals surface area contributed by atoms with E-state index in [-0.39, 0.29) is 5.92 Å². The minimum Gasteiger partial charge on any atom is -0.303 e. The van der Waals surface area contributed by atoms with Gasteiger partial charge < -0.3 is 4.79 Å². The van der Waals surface area contributed by atoms with Crippen molar-refractivity contribution in [1.29, 1.82) is 0 Å². The lowest BCUT2D eigenvalue weighted by Crippen LogP contribution is -2.01. The van der Waals surface area contributed by atoms with Crippen LogP contribution in [0.25, 0.3) is 0 Å². The van der Waals surface area contributed by atoms with Crippen molar-refractivity contribution in [3.63, 3.8) is 0 Å². The first-order chi connectivity index (χ1) is 5.36. The Labute approximate surface area is 65.6 Å². The molecule has 0 aromatic heterocycles. The fourth-order valence-electron chi connectivity index (χ4n) is 1.09. The van der Waals surface area contributed by atoms with Gasteiger partial charge >= 0.3 is 0 Å². The molecule has 1 aliphatic carbocycles. The van der Waals surface area contributed by atoms with E-state index < -0.39 is 0 Å². The second kappa shape index (κ2) is 3.86. The van der Waals surface area contributed by atoms with Gasteiger partial charge in [0.05, 0.1) is 0 Å². The number of hydrogen-bond donors (Lipinski definition) is 0. The van der Waals surface area contributed by atoms with Gasteiger partial charge in [0.15, 0.2) is 0 Å². The molecule has 0 fully saturated rings. The molecular formula is C9H10O2. The lowest BCUT2D eigenvalue weighted by Gasteiger charge is -2.02. The molecule has 58 valence electrons. The summed E-state index contributed by atoms with van der Waals surface area (Å²) in [7, 11) is 0.